The van der Waals surface area contributed by atoms with E-state index in [1.165, 1.54) is 6.26 Å². The molecule has 8 nitrogen and oxygen atoms in total. The van der Waals surface area contributed by atoms with E-state index in [2.05, 4.69) is 25.6 Å². The second-order valence-corrected chi connectivity index (χ2v) is 8.23. The Labute approximate surface area is 185 Å². The third kappa shape index (κ3) is 3.86. The fourth-order valence-corrected chi connectivity index (χ4v) is 4.19. The van der Waals surface area contributed by atoms with Crippen molar-refractivity contribution in [2.45, 2.75) is 32.2 Å². The second-order valence-electron chi connectivity index (χ2n) is 8.23. The first-order valence-corrected chi connectivity index (χ1v) is 10.7. The van der Waals surface area contributed by atoms with Crippen LogP contribution in [0.25, 0.3) is 10.9 Å². The van der Waals surface area contributed by atoms with E-state index in [1.807, 2.05) is 38.2 Å². The summed E-state index contributed by atoms with van der Waals surface area (Å²) >= 11 is 0. The number of hydrogen-bond acceptors (Lipinski definition) is 6. The van der Waals surface area contributed by atoms with Crippen molar-refractivity contribution in [1.29, 1.82) is 0 Å². The van der Waals surface area contributed by atoms with Crippen LogP contribution in [0.3, 0.4) is 0 Å². The summed E-state index contributed by atoms with van der Waals surface area (Å²) in [4.78, 5) is 19.4. The molecule has 1 amide bonds. The monoisotopic (exact) mass is 436 g/mol. The zero-order valence-corrected chi connectivity index (χ0v) is 18.0. The molecule has 0 radical (unpaired) electrons. The van der Waals surface area contributed by atoms with Gasteiger partial charge in [0.25, 0.3) is 5.91 Å². The van der Waals surface area contributed by atoms with Crippen molar-refractivity contribution in [3.63, 3.8) is 0 Å². The summed E-state index contributed by atoms with van der Waals surface area (Å²) in [6, 6.07) is 7.68. The number of carbonyl (C=O) groups excluding carboxylic acids is 1. The fourth-order valence-electron chi connectivity index (χ4n) is 4.19. The minimum atomic E-state index is -0.775. The number of alkyl halides is 1. The molecule has 2 aliphatic heterocycles. The van der Waals surface area contributed by atoms with Crippen molar-refractivity contribution in [2.75, 3.05) is 23.3 Å². The summed E-state index contributed by atoms with van der Waals surface area (Å²) in [6.45, 7) is 3.10. The highest BCUT2D eigenvalue weighted by atomic mass is 19.1. The molecule has 0 aliphatic carbocycles. The van der Waals surface area contributed by atoms with Gasteiger partial charge in [0.2, 0.25) is 0 Å². The number of hydrogen-bond donors (Lipinski definition) is 2. The van der Waals surface area contributed by atoms with E-state index in [9.17, 15) is 9.18 Å². The van der Waals surface area contributed by atoms with E-state index in [0.717, 1.165) is 27.8 Å². The summed E-state index contributed by atoms with van der Waals surface area (Å²) < 4.78 is 21.2. The summed E-state index contributed by atoms with van der Waals surface area (Å²) in [7, 11) is 1.88. The summed E-state index contributed by atoms with van der Waals surface area (Å²) in [5.74, 6) is -0.303. The summed E-state index contributed by atoms with van der Waals surface area (Å²) in [6.07, 6.45) is 4.65. The molecule has 9 heteroatoms. The van der Waals surface area contributed by atoms with Crippen molar-refractivity contribution >= 4 is 28.2 Å². The van der Waals surface area contributed by atoms with Crippen LogP contribution in [0.15, 0.2) is 48.6 Å². The number of halogens is 1. The molecule has 1 saturated heterocycles. The molecule has 166 valence electrons. The lowest BCUT2D eigenvalue weighted by atomic mass is 10.1. The number of anilines is 2. The van der Waals surface area contributed by atoms with Gasteiger partial charge in [-0.2, -0.15) is 5.10 Å². The van der Waals surface area contributed by atoms with Crippen LogP contribution in [0.5, 0.6) is 0 Å². The Kier molecular flexibility index (Phi) is 5.16. The zero-order chi connectivity index (χ0) is 22.2. The Balaban J connectivity index is 1.38. The molecule has 2 aliphatic rings. The maximum absolute atomic E-state index is 13.7. The number of ether oxygens (including phenoxy) is 1. The van der Waals surface area contributed by atoms with E-state index in [-0.39, 0.29) is 5.91 Å². The standard InChI is InChI=1S/C23H25FN6O2/c1-14-9-15(3-6-25-14)23-28-19(13-32-23)22(31)27-18-10-16-12-26-29(2)20(16)11-21(18)30-7-4-17(24)5-8-30/h3,6,9-13,17,23,28H,4-5,7-8H2,1-2H3,(H,27,31). The van der Waals surface area contributed by atoms with Gasteiger partial charge in [-0.1, -0.05) is 0 Å². The number of carbonyl (C=O) groups is 1. The van der Waals surface area contributed by atoms with Crippen LogP contribution >= 0.6 is 0 Å². The first-order chi connectivity index (χ1) is 15.5. The molecule has 2 N–H and O–H groups in total. The summed E-state index contributed by atoms with van der Waals surface area (Å²) in [5.41, 5.74) is 4.58. The maximum atomic E-state index is 13.7. The number of piperidine rings is 1. The van der Waals surface area contributed by atoms with E-state index >= 15 is 0 Å². The Morgan fingerprint density at radius 1 is 1.28 bits per heavy atom. The van der Waals surface area contributed by atoms with Crippen LogP contribution in [0.2, 0.25) is 0 Å². The van der Waals surface area contributed by atoms with E-state index in [0.29, 0.717) is 37.3 Å². The lowest BCUT2D eigenvalue weighted by Gasteiger charge is -2.32. The average molecular weight is 436 g/mol. The van der Waals surface area contributed by atoms with Crippen LogP contribution in [0.4, 0.5) is 15.8 Å². The highest BCUT2D eigenvalue weighted by Crippen LogP contribution is 2.34. The number of aryl methyl sites for hydroxylation is 2. The lowest BCUT2D eigenvalue weighted by molar-refractivity contribution is -0.113. The molecule has 0 bridgehead atoms. The van der Waals surface area contributed by atoms with Crippen LogP contribution in [0, 0.1) is 6.92 Å². The van der Waals surface area contributed by atoms with Gasteiger partial charge in [-0.15, -0.1) is 0 Å². The number of pyridine rings is 1. The number of benzene rings is 1. The third-order valence-corrected chi connectivity index (χ3v) is 5.95. The average Bonchev–Trinajstić information content (AvgIpc) is 3.41. The zero-order valence-electron chi connectivity index (χ0n) is 18.0. The highest BCUT2D eigenvalue weighted by Gasteiger charge is 2.26. The molecule has 2 aromatic heterocycles. The van der Waals surface area contributed by atoms with Gasteiger partial charge >= 0.3 is 0 Å². The van der Waals surface area contributed by atoms with Crippen LogP contribution < -0.4 is 15.5 Å². The van der Waals surface area contributed by atoms with Crippen molar-refractivity contribution in [2.24, 2.45) is 7.05 Å². The van der Waals surface area contributed by atoms with E-state index in [4.69, 9.17) is 4.74 Å². The molecule has 1 fully saturated rings. The van der Waals surface area contributed by atoms with Gasteiger partial charge in [-0.3, -0.25) is 14.5 Å². The normalized spacial score (nSPS) is 18.9. The molecule has 32 heavy (non-hydrogen) atoms. The predicted molar refractivity (Wildman–Crippen MR) is 120 cm³/mol. The Morgan fingerprint density at radius 2 is 2.09 bits per heavy atom. The number of aromatic nitrogens is 3. The number of amides is 1. The molecular weight excluding hydrogens is 411 g/mol. The topological polar surface area (TPSA) is 84.3 Å². The van der Waals surface area contributed by atoms with Crippen LogP contribution in [-0.2, 0) is 16.6 Å². The van der Waals surface area contributed by atoms with Crippen molar-refractivity contribution in [3.05, 3.63) is 59.9 Å². The minimum Gasteiger partial charge on any atom is -0.472 e. The lowest BCUT2D eigenvalue weighted by Crippen LogP contribution is -2.35. The van der Waals surface area contributed by atoms with Crippen molar-refractivity contribution < 1.29 is 13.9 Å². The first-order valence-electron chi connectivity index (χ1n) is 10.7. The van der Waals surface area contributed by atoms with Gasteiger partial charge in [-0.05, 0) is 44.0 Å². The van der Waals surface area contributed by atoms with Gasteiger partial charge in [0.15, 0.2) is 6.23 Å². The molecule has 0 saturated carbocycles. The quantitative estimate of drug-likeness (QED) is 0.653. The maximum Gasteiger partial charge on any atom is 0.275 e. The number of nitrogens with zero attached hydrogens (tertiary/aromatic N) is 4. The molecule has 1 unspecified atom stereocenters. The van der Waals surface area contributed by atoms with Gasteiger partial charge in [0.1, 0.15) is 18.1 Å². The molecule has 3 aromatic rings. The van der Waals surface area contributed by atoms with Gasteiger partial charge in [-0.25, -0.2) is 4.39 Å². The van der Waals surface area contributed by atoms with Crippen LogP contribution in [0.1, 0.15) is 30.3 Å². The highest BCUT2D eigenvalue weighted by molar-refractivity contribution is 6.07. The number of nitrogens with one attached hydrogen (secondary N) is 2. The van der Waals surface area contributed by atoms with Gasteiger partial charge < -0.3 is 20.3 Å². The van der Waals surface area contributed by atoms with Gasteiger partial charge in [0, 0.05) is 43.0 Å². The molecule has 4 heterocycles. The molecule has 0 spiro atoms. The molecular formula is C23H25FN6O2. The predicted octanol–water partition coefficient (Wildman–Crippen LogP) is 3.31. The smallest absolute Gasteiger partial charge is 0.275 e. The van der Waals surface area contributed by atoms with Crippen molar-refractivity contribution in [3.8, 4) is 0 Å². The third-order valence-electron chi connectivity index (χ3n) is 5.95. The Hall–Kier alpha value is -3.62. The Bertz CT molecular complexity index is 1200. The molecule has 1 atom stereocenters. The number of fused-ring (bicyclic) bond motifs is 1. The fraction of sp³-hybridized carbons (Fsp3) is 0.348. The largest absolute Gasteiger partial charge is 0.472 e. The molecule has 1 aromatic carbocycles. The molecule has 5 rings (SSSR count). The summed E-state index contributed by atoms with van der Waals surface area (Å²) in [5, 5.41) is 11.4. The van der Waals surface area contributed by atoms with E-state index < -0.39 is 12.4 Å². The number of rotatable bonds is 4. The van der Waals surface area contributed by atoms with Gasteiger partial charge in [0.05, 0.1) is 23.1 Å². The Morgan fingerprint density at radius 3 is 2.88 bits per heavy atom. The van der Waals surface area contributed by atoms with E-state index in [1.54, 1.807) is 17.1 Å². The SMILES string of the molecule is Cc1cc(C2NC(C(=O)Nc3cc4cnn(C)c4cc3N3CCC(F)CC3)=CO2)ccn1. The first kappa shape index (κ1) is 20.3. The minimum absolute atomic E-state index is 0.303. The van der Waals surface area contributed by atoms with Crippen LogP contribution in [-0.4, -0.2) is 39.9 Å². The second kappa shape index (κ2) is 8.14. The van der Waals surface area contributed by atoms with Crippen molar-refractivity contribution in [1.82, 2.24) is 20.1 Å².